The number of thiol groups is 1. The van der Waals surface area contributed by atoms with Crippen LogP contribution in [-0.2, 0) is 112 Å². The van der Waals surface area contributed by atoms with E-state index < -0.39 is 344 Å². The molecular weight excluding hydrogens is 1910 g/mol. The van der Waals surface area contributed by atoms with Crippen molar-refractivity contribution in [3.63, 3.8) is 0 Å². The van der Waals surface area contributed by atoms with Gasteiger partial charge in [-0.15, -0.1) is 0 Å². The van der Waals surface area contributed by atoms with E-state index in [1.165, 1.54) is 34.6 Å². The minimum atomic E-state index is -2.00. The Kier molecular flexibility index (Phi) is 53.9. The van der Waals surface area contributed by atoms with Crippen LogP contribution >= 0.6 is 12.6 Å². The summed E-state index contributed by atoms with van der Waals surface area (Å²) < 4.78 is 0. The van der Waals surface area contributed by atoms with Crippen LogP contribution in [0.25, 0.3) is 0 Å². The van der Waals surface area contributed by atoms with Crippen LogP contribution in [0.5, 0.6) is 0 Å². The first kappa shape index (κ1) is 126. The van der Waals surface area contributed by atoms with Gasteiger partial charge < -0.3 is 147 Å². The third-order valence-corrected chi connectivity index (χ3v) is 25.0. The van der Waals surface area contributed by atoms with Crippen LogP contribution in [-0.4, -0.2) is 353 Å². The lowest BCUT2D eigenvalue weighted by molar-refractivity contribution is -0.151. The van der Waals surface area contributed by atoms with Crippen molar-refractivity contribution in [2.24, 2.45) is 47.2 Å². The number of aliphatic hydroxyl groups excluding tert-OH is 5. The molecule has 0 saturated carbocycles. The van der Waals surface area contributed by atoms with Gasteiger partial charge in [-0.2, -0.15) is 12.6 Å². The summed E-state index contributed by atoms with van der Waals surface area (Å²) in [5.74, 6) is -28.4. The topological polar surface area (TPSA) is 774 Å². The second-order valence-corrected chi connectivity index (χ2v) is 38.4. The number of carboxylic acid groups (broad SMARTS) is 3. The third-order valence-electron chi connectivity index (χ3n) is 24.7. The molecule has 27 N–H and O–H groups in total. The van der Waals surface area contributed by atoms with Crippen molar-refractivity contribution in [1.29, 1.82) is 0 Å². The minimum absolute atomic E-state index is 0.00178. The van der Waals surface area contributed by atoms with Crippen molar-refractivity contribution in [3.8, 4) is 0 Å². The smallest absolute Gasteiger partial charge is 0.326 e. The van der Waals surface area contributed by atoms with Crippen LogP contribution in [0.15, 0.2) is 30.3 Å². The molecule has 24 atom stereocenters. The average Bonchev–Trinajstić information content (AvgIpc) is 1.64. The lowest BCUT2D eigenvalue weighted by Gasteiger charge is -2.33. The predicted molar refractivity (Wildman–Crippen MR) is 519 cm³/mol. The predicted octanol–water partition coefficient (Wildman–Crippen LogP) is -6.93. The van der Waals surface area contributed by atoms with Gasteiger partial charge in [-0.1, -0.05) is 147 Å². The number of aliphatic carboxylic acids is 3. The van der Waals surface area contributed by atoms with Crippen LogP contribution in [0.1, 0.15) is 200 Å². The van der Waals surface area contributed by atoms with Crippen LogP contribution in [0, 0.1) is 41.4 Å². The fraction of sp³-hybridized carbons (Fsp3) is 0.699. The van der Waals surface area contributed by atoms with Gasteiger partial charge >= 0.3 is 17.9 Å². The molecule has 144 heavy (non-hydrogen) atoms. The van der Waals surface area contributed by atoms with Gasteiger partial charge in [0.1, 0.15) is 109 Å². The molecule has 2 fully saturated rings. The Morgan fingerprint density at radius 3 is 1.16 bits per heavy atom. The average molecular weight is 2060 g/mol. The van der Waals surface area contributed by atoms with E-state index in [2.05, 4.69) is 103 Å². The van der Waals surface area contributed by atoms with Crippen molar-refractivity contribution in [2.75, 3.05) is 45.1 Å². The highest BCUT2D eigenvalue weighted by Crippen LogP contribution is 2.24. The van der Waals surface area contributed by atoms with E-state index in [-0.39, 0.29) is 70.4 Å². The first-order chi connectivity index (χ1) is 67.4. The van der Waals surface area contributed by atoms with Crippen molar-refractivity contribution in [1.82, 2.24) is 100 Å². The van der Waals surface area contributed by atoms with E-state index >= 15 is 0 Å². The molecular formula is C93H152N20O30S. The quantitative estimate of drug-likeness (QED) is 0.0270. The number of benzene rings is 1. The summed E-state index contributed by atoms with van der Waals surface area (Å²) in [6, 6.07) is -20.3. The fourth-order valence-corrected chi connectivity index (χ4v) is 15.7. The summed E-state index contributed by atoms with van der Waals surface area (Å²) in [6.07, 6.45) is -6.08. The molecule has 0 spiro atoms. The number of carbonyl (C=O) groups is 22. The molecule has 0 aromatic heterocycles. The molecule has 1 aromatic carbocycles. The number of nitrogens with zero attached hydrogens (tertiary/aromatic N) is 2. The summed E-state index contributed by atoms with van der Waals surface area (Å²) in [7, 11) is 0. The summed E-state index contributed by atoms with van der Waals surface area (Å²) >= 11 is 4.24. The molecule has 19 amide bonds. The Hall–Kier alpha value is -12.3. The van der Waals surface area contributed by atoms with Crippen LogP contribution < -0.4 is 96.1 Å². The van der Waals surface area contributed by atoms with Gasteiger partial charge in [-0.3, -0.25) is 101 Å². The van der Waals surface area contributed by atoms with E-state index in [4.69, 9.17) is 5.73 Å². The summed E-state index contributed by atoms with van der Waals surface area (Å²) in [6.45, 7) is 22.2. The van der Waals surface area contributed by atoms with E-state index in [1.807, 2.05) is 0 Å². The lowest BCUT2D eigenvalue weighted by Crippen LogP contribution is -2.63. The van der Waals surface area contributed by atoms with Crippen molar-refractivity contribution >= 4 is 143 Å². The molecule has 51 heteroatoms. The third kappa shape index (κ3) is 40.3. The second-order valence-electron chi connectivity index (χ2n) is 38.1. The number of likely N-dealkylation sites (tertiary alicyclic amines) is 2. The van der Waals surface area contributed by atoms with Crippen LogP contribution in [0.3, 0.4) is 0 Å². The fourth-order valence-electron chi connectivity index (χ4n) is 15.5. The van der Waals surface area contributed by atoms with Gasteiger partial charge in [0.15, 0.2) is 0 Å². The number of nitrogens with two attached hydrogens (primary N) is 1. The highest BCUT2D eigenvalue weighted by Gasteiger charge is 2.47. The molecule has 2 aliphatic rings. The Bertz CT molecular complexity index is 4570. The zero-order valence-electron chi connectivity index (χ0n) is 84.7. The molecule has 2 aliphatic heterocycles. The van der Waals surface area contributed by atoms with Crippen LogP contribution in [0.4, 0.5) is 0 Å². The van der Waals surface area contributed by atoms with Gasteiger partial charge in [-0.25, -0.2) is 4.79 Å². The zero-order chi connectivity index (χ0) is 109. The van der Waals surface area contributed by atoms with Crippen molar-refractivity contribution in [3.05, 3.63) is 35.9 Å². The Balaban J connectivity index is 1.75. The molecule has 2 heterocycles. The van der Waals surface area contributed by atoms with Crippen molar-refractivity contribution < 1.29 is 146 Å². The first-order valence-electron chi connectivity index (χ1n) is 48.5. The Morgan fingerprint density at radius 2 is 0.729 bits per heavy atom. The molecule has 3 rings (SSSR count). The van der Waals surface area contributed by atoms with Crippen molar-refractivity contribution in [2.45, 2.75) is 328 Å². The molecule has 0 unspecified atom stereocenters. The number of carboxylic acids is 3. The van der Waals surface area contributed by atoms with Gasteiger partial charge in [0.05, 0.1) is 51.0 Å². The van der Waals surface area contributed by atoms with Gasteiger partial charge in [0.2, 0.25) is 112 Å². The van der Waals surface area contributed by atoms with E-state index in [1.54, 1.807) is 106 Å². The maximum absolute atomic E-state index is 14.6. The Morgan fingerprint density at radius 1 is 0.375 bits per heavy atom. The number of aliphatic hydroxyl groups is 5. The SMILES string of the molecule is CC[C@H](C)[C@H](NC(=O)[C@H](CCC(=O)O)NC(=O)[C@H](CC(C)C)NC(=O)[C@@H](N)[C@@H](C)O)C(=O)N[C@@H](CC(C)C)C(=O)N[C@@H](CC(=O)O)C(=O)N[C@H](C(=O)N[C@H](C(=O)N1CCC[C@H]1C(=O)N[C@@H](CS)C(=O)N[C@@H](CO)C(=O)N[C@@H](Cc1ccccc1)C(=O)NCC(=O)NCC(=O)N[C@H](C(=O)N[C@@H](CO)C(=O)N[C@H](C(=O)N[C@H](C(=O)N[C@H](C(=O)N1CCC[C@H]1C(=O)O)[C@@H](C)O)[C@@H](C)CC)C(C)C)C(C)C)[C@@H](C)O)[C@@H](C)CC. The molecule has 1 aromatic rings. The maximum atomic E-state index is 14.6. The number of nitrogens with one attached hydrogen (secondary N) is 17. The van der Waals surface area contributed by atoms with E-state index in [0.717, 1.165) is 16.7 Å². The lowest BCUT2D eigenvalue weighted by atomic mass is 9.95. The maximum Gasteiger partial charge on any atom is 0.326 e. The second kappa shape index (κ2) is 61.7. The number of carbonyl (C=O) groups excluding carboxylic acids is 19. The largest absolute Gasteiger partial charge is 0.481 e. The highest BCUT2D eigenvalue weighted by molar-refractivity contribution is 7.80. The standard InChI is InChI=1S/C93H152N20O30S/c1-18-47(12)71(107-77(126)54(30-31-66(121)122)97-78(127)55(34-43(4)5)100-85(134)68(94)50(15)116)88(137)101-56(35-44(6)7)79(128)99-58(37-67(123)124)80(129)108-72(48(13)19-2)89(138)110-74(51(16)117)91(140)112-32-24-28-62(112)84(133)104-61(42-144)83(132)102-59(40-114)81(130)98-57(36-53-26-22-21-23-27-53)76(125)96-38-64(119)95-39-65(120)105-69(45(8)9)86(135)103-60(41-115)82(131)106-70(46(10)11)87(136)109-73(49(14)20-3)90(139)111-75(52(17)118)92(141)113-33-25-29-63(113)93(142)143/h21-23,26-27,43-52,54-63,68-75,114-118,144H,18-20,24-25,28-42,94H2,1-17H3,(H,95,119)(H,96,125)(H,97,127)(H,98,130)(H,99,128)(H,100,134)(H,101,137)(H,102,132)(H,103,135)(H,104,133)(H,105,120)(H,106,131)(H,107,126)(H,108,129)(H,109,136)(H,110,138)(H,111,139)(H,121,122)(H,123,124)(H,142,143)/t47-,48-,49-,50+,51+,52+,54-,55-,56-,57-,58-,59-,60-,61-,62-,63-,68-,69-,70-,71-,72-,73-,74-,75-/m0/s1. The number of amides is 19. The highest BCUT2D eigenvalue weighted by atomic mass is 32.1. The van der Waals surface area contributed by atoms with Gasteiger partial charge in [0.25, 0.3) is 0 Å². The van der Waals surface area contributed by atoms with Gasteiger partial charge in [-0.05, 0) is 113 Å². The van der Waals surface area contributed by atoms with E-state index in [0.29, 0.717) is 18.4 Å². The normalized spacial score (nSPS) is 18.1. The molecule has 810 valence electrons. The summed E-state index contributed by atoms with van der Waals surface area (Å²) in [5.41, 5.74) is 6.27. The molecule has 2 saturated heterocycles. The minimum Gasteiger partial charge on any atom is -0.481 e. The summed E-state index contributed by atoms with van der Waals surface area (Å²) in [5, 5.41) is 123. The first-order valence-corrected chi connectivity index (χ1v) is 49.1. The zero-order valence-corrected chi connectivity index (χ0v) is 85.6. The van der Waals surface area contributed by atoms with E-state index in [9.17, 15) is 146 Å². The molecule has 0 aliphatic carbocycles. The molecule has 0 bridgehead atoms. The molecule has 0 radical (unpaired) electrons. The summed E-state index contributed by atoms with van der Waals surface area (Å²) in [4.78, 5) is 304. The monoisotopic (exact) mass is 2060 g/mol. The number of hydrogen-bond acceptors (Lipinski definition) is 29. The Labute approximate surface area is 841 Å². The van der Waals surface area contributed by atoms with Crippen LogP contribution in [0.2, 0.25) is 0 Å². The molecule has 50 nitrogen and oxygen atoms in total. The van der Waals surface area contributed by atoms with Gasteiger partial charge in [0, 0.05) is 31.7 Å². The number of rotatable bonds is 62. The number of hydrogen-bond donors (Lipinski definition) is 27.